The zero-order chi connectivity index (χ0) is 21.0. The number of fused-ring (bicyclic) bond motifs is 1. The van der Waals surface area contributed by atoms with E-state index in [1.54, 1.807) is 6.92 Å². The summed E-state index contributed by atoms with van der Waals surface area (Å²) >= 11 is 1.35. The molecule has 0 saturated carbocycles. The van der Waals surface area contributed by atoms with Crippen molar-refractivity contribution in [2.75, 3.05) is 4.90 Å². The number of nitrogens with zero attached hydrogens (tertiary/aromatic N) is 3. The maximum atomic E-state index is 13.2. The van der Waals surface area contributed by atoms with Crippen LogP contribution in [0.5, 0.6) is 0 Å². The maximum Gasteiger partial charge on any atom is 0.277 e. The first-order valence-electron chi connectivity index (χ1n) is 9.24. The summed E-state index contributed by atoms with van der Waals surface area (Å²) < 4.78 is 15.5. The molecule has 0 bridgehead atoms. The molecule has 0 unspecified atom stereocenters. The second-order valence-corrected chi connectivity index (χ2v) is 8.06. The third-order valence-electron chi connectivity index (χ3n) is 5.17. The summed E-state index contributed by atoms with van der Waals surface area (Å²) in [4.78, 5) is 44.2. The van der Waals surface area contributed by atoms with Gasteiger partial charge >= 0.3 is 0 Å². The van der Waals surface area contributed by atoms with Crippen molar-refractivity contribution in [2.24, 2.45) is 0 Å². The van der Waals surface area contributed by atoms with Gasteiger partial charge in [0.1, 0.15) is 5.82 Å². The first kappa shape index (κ1) is 18.4. The van der Waals surface area contributed by atoms with Crippen molar-refractivity contribution in [2.45, 2.75) is 19.3 Å². The number of aromatic nitrogens is 3. The lowest BCUT2D eigenvalue weighted by Crippen LogP contribution is -2.31. The topological polar surface area (TPSA) is 88.1 Å². The van der Waals surface area contributed by atoms with Gasteiger partial charge in [-0.25, -0.2) is 14.3 Å². The van der Waals surface area contributed by atoms with E-state index in [0.717, 1.165) is 15.1 Å². The van der Waals surface area contributed by atoms with Crippen molar-refractivity contribution in [3.8, 4) is 5.13 Å². The number of aromatic amines is 1. The third-order valence-corrected chi connectivity index (χ3v) is 6.19. The highest BCUT2D eigenvalue weighted by atomic mass is 32.1. The summed E-state index contributed by atoms with van der Waals surface area (Å²) in [6.45, 7) is 1.69. The molecule has 4 aromatic rings. The summed E-state index contributed by atoms with van der Waals surface area (Å²) in [6.07, 6.45) is -0.121. The summed E-state index contributed by atoms with van der Waals surface area (Å²) in [7, 11) is 0. The number of halogens is 1. The van der Waals surface area contributed by atoms with Crippen LogP contribution in [-0.4, -0.2) is 26.6 Å². The molecular formula is C21H15FN4O3S. The molecule has 2 amide bonds. The molecule has 1 N–H and O–H groups in total. The summed E-state index contributed by atoms with van der Waals surface area (Å²) in [5.41, 5.74) is 1.41. The molecule has 9 heteroatoms. The number of carbonyl (C=O) groups excluding carboxylic acids is 2. The molecule has 150 valence electrons. The van der Waals surface area contributed by atoms with E-state index in [0.29, 0.717) is 10.8 Å². The van der Waals surface area contributed by atoms with Gasteiger partial charge in [-0.15, -0.1) is 0 Å². The SMILES string of the molecule is Cc1[nH]n(-c2nc3ccccc3s2)c(=O)c1[C@H]1CC(=O)N(c2ccc(F)cc2)C1=O. The smallest absolute Gasteiger partial charge is 0.277 e. The Balaban J connectivity index is 1.55. The first-order chi connectivity index (χ1) is 14.4. The standard InChI is InChI=1S/C21H15FN4O3S/c1-11-18(14-10-17(27)25(19(14)28)13-8-6-12(22)7-9-13)20(29)26(24-11)21-23-15-4-2-3-5-16(15)30-21/h2-9,14,24H,10H2,1H3/t14-/m1/s1. The van der Waals surface area contributed by atoms with Crippen molar-refractivity contribution in [3.05, 3.63) is 76.0 Å². The van der Waals surface area contributed by atoms with Gasteiger partial charge in [0.2, 0.25) is 16.9 Å². The van der Waals surface area contributed by atoms with Crippen LogP contribution in [0.2, 0.25) is 0 Å². The minimum Gasteiger partial charge on any atom is -0.293 e. The van der Waals surface area contributed by atoms with E-state index >= 15 is 0 Å². The first-order valence-corrected chi connectivity index (χ1v) is 10.1. The molecule has 30 heavy (non-hydrogen) atoms. The minimum atomic E-state index is -0.901. The summed E-state index contributed by atoms with van der Waals surface area (Å²) in [6, 6.07) is 12.6. The van der Waals surface area contributed by atoms with E-state index in [4.69, 9.17) is 0 Å². The van der Waals surface area contributed by atoms with Crippen molar-refractivity contribution in [1.82, 2.24) is 14.8 Å². The maximum absolute atomic E-state index is 13.2. The molecule has 0 aliphatic carbocycles. The van der Waals surface area contributed by atoms with Crippen LogP contribution in [-0.2, 0) is 9.59 Å². The molecule has 0 spiro atoms. The Hall–Kier alpha value is -3.59. The van der Waals surface area contributed by atoms with Gasteiger partial charge < -0.3 is 0 Å². The van der Waals surface area contributed by atoms with E-state index in [2.05, 4.69) is 10.1 Å². The fourth-order valence-corrected chi connectivity index (χ4v) is 4.70. The second kappa shape index (κ2) is 6.74. The van der Waals surface area contributed by atoms with Gasteiger partial charge in [-0.2, -0.15) is 4.68 Å². The van der Waals surface area contributed by atoms with E-state index in [1.165, 1.54) is 40.3 Å². The van der Waals surface area contributed by atoms with Gasteiger partial charge in [-0.05, 0) is 43.3 Å². The van der Waals surface area contributed by atoms with Crippen LogP contribution in [0, 0.1) is 12.7 Å². The van der Waals surface area contributed by atoms with E-state index < -0.39 is 29.1 Å². The van der Waals surface area contributed by atoms with Gasteiger partial charge in [-0.1, -0.05) is 23.5 Å². The van der Waals surface area contributed by atoms with Crippen LogP contribution in [0.3, 0.4) is 0 Å². The van der Waals surface area contributed by atoms with Gasteiger partial charge in [0.05, 0.1) is 27.4 Å². The number of amides is 2. The quantitative estimate of drug-likeness (QED) is 0.514. The number of imide groups is 1. The van der Waals surface area contributed by atoms with E-state index in [1.807, 2.05) is 24.3 Å². The lowest BCUT2D eigenvalue weighted by molar-refractivity contribution is -0.121. The summed E-state index contributed by atoms with van der Waals surface area (Å²) in [5.74, 6) is -2.29. The average molecular weight is 422 g/mol. The highest BCUT2D eigenvalue weighted by Gasteiger charge is 2.43. The Morgan fingerprint density at radius 2 is 1.83 bits per heavy atom. The Morgan fingerprint density at radius 3 is 2.57 bits per heavy atom. The molecule has 1 atom stereocenters. The average Bonchev–Trinajstić information content (AvgIpc) is 3.36. The molecule has 2 aromatic carbocycles. The van der Waals surface area contributed by atoms with Crippen molar-refractivity contribution in [1.29, 1.82) is 0 Å². The molecule has 2 aromatic heterocycles. The largest absolute Gasteiger partial charge is 0.293 e. The molecular weight excluding hydrogens is 407 g/mol. The zero-order valence-corrected chi connectivity index (χ0v) is 16.6. The minimum absolute atomic E-state index is 0.121. The highest BCUT2D eigenvalue weighted by Crippen LogP contribution is 2.33. The highest BCUT2D eigenvalue weighted by molar-refractivity contribution is 7.20. The molecule has 0 radical (unpaired) electrons. The number of benzene rings is 2. The molecule has 1 saturated heterocycles. The Labute approximate surface area is 173 Å². The monoisotopic (exact) mass is 422 g/mol. The number of nitrogens with one attached hydrogen (secondary N) is 1. The number of para-hydroxylation sites is 1. The fourth-order valence-electron chi connectivity index (χ4n) is 3.78. The van der Waals surface area contributed by atoms with E-state index in [-0.39, 0.29) is 17.7 Å². The molecule has 1 fully saturated rings. The summed E-state index contributed by atoms with van der Waals surface area (Å²) in [5, 5.41) is 3.45. The molecule has 5 rings (SSSR count). The molecule has 1 aliphatic heterocycles. The number of carbonyl (C=O) groups is 2. The fraction of sp³-hybridized carbons (Fsp3) is 0.143. The normalized spacial score (nSPS) is 16.7. The number of rotatable bonds is 3. The van der Waals surface area contributed by atoms with Crippen LogP contribution < -0.4 is 10.5 Å². The molecule has 7 nitrogen and oxygen atoms in total. The third kappa shape index (κ3) is 2.78. The predicted octanol–water partition coefficient (Wildman–Crippen LogP) is 3.27. The van der Waals surface area contributed by atoms with Gasteiger partial charge in [0, 0.05) is 12.1 Å². The van der Waals surface area contributed by atoms with Crippen LogP contribution in [0.25, 0.3) is 15.3 Å². The lowest BCUT2D eigenvalue weighted by Gasteiger charge is -2.14. The van der Waals surface area contributed by atoms with Crippen molar-refractivity contribution >= 4 is 39.1 Å². The van der Waals surface area contributed by atoms with Crippen molar-refractivity contribution in [3.63, 3.8) is 0 Å². The van der Waals surface area contributed by atoms with Crippen LogP contribution in [0.1, 0.15) is 23.6 Å². The van der Waals surface area contributed by atoms with Gasteiger partial charge in [0.15, 0.2) is 0 Å². The second-order valence-electron chi connectivity index (χ2n) is 7.06. The van der Waals surface area contributed by atoms with E-state index in [9.17, 15) is 18.8 Å². The molecule has 1 aliphatic rings. The number of H-pyrrole nitrogens is 1. The van der Waals surface area contributed by atoms with Crippen LogP contribution >= 0.6 is 11.3 Å². The lowest BCUT2D eigenvalue weighted by atomic mass is 9.98. The predicted molar refractivity (Wildman–Crippen MR) is 111 cm³/mol. The Kier molecular flexibility index (Phi) is 4.14. The zero-order valence-electron chi connectivity index (χ0n) is 15.8. The Bertz CT molecular complexity index is 1340. The number of anilines is 1. The van der Waals surface area contributed by atoms with Crippen LogP contribution in [0.15, 0.2) is 53.3 Å². The number of hydrogen-bond donors (Lipinski definition) is 1. The van der Waals surface area contributed by atoms with Gasteiger partial charge in [-0.3, -0.25) is 19.5 Å². The Morgan fingerprint density at radius 1 is 1.10 bits per heavy atom. The van der Waals surface area contributed by atoms with Crippen LogP contribution in [0.4, 0.5) is 10.1 Å². The number of thiazole rings is 1. The van der Waals surface area contributed by atoms with Crippen molar-refractivity contribution < 1.29 is 14.0 Å². The molecule has 3 heterocycles. The van der Waals surface area contributed by atoms with Gasteiger partial charge in [0.25, 0.3) is 5.56 Å². The number of aryl methyl sites for hydroxylation is 1. The number of hydrogen-bond acceptors (Lipinski definition) is 5.